The van der Waals surface area contributed by atoms with Crippen molar-refractivity contribution in [2.75, 3.05) is 20.2 Å². The van der Waals surface area contributed by atoms with Gasteiger partial charge in [0.05, 0.1) is 19.1 Å². The van der Waals surface area contributed by atoms with Gasteiger partial charge in [-0.1, -0.05) is 42.5 Å². The maximum atomic E-state index is 12.7. The van der Waals surface area contributed by atoms with Gasteiger partial charge in [-0.05, 0) is 49.6 Å². The molecule has 4 nitrogen and oxygen atoms in total. The number of methoxy groups -OCH3 is 1. The minimum absolute atomic E-state index is 0.00194. The number of carbonyl (C=O) groups is 1. The predicted octanol–water partition coefficient (Wildman–Crippen LogP) is 3.78. The van der Waals surface area contributed by atoms with E-state index in [-0.39, 0.29) is 17.9 Å². The summed E-state index contributed by atoms with van der Waals surface area (Å²) in [6, 6.07) is 18.3. The minimum Gasteiger partial charge on any atom is -0.497 e. The van der Waals surface area contributed by atoms with E-state index in [4.69, 9.17) is 4.74 Å². The molecule has 1 fully saturated rings. The van der Waals surface area contributed by atoms with Gasteiger partial charge >= 0.3 is 0 Å². The largest absolute Gasteiger partial charge is 0.497 e. The summed E-state index contributed by atoms with van der Waals surface area (Å²) in [6.07, 6.45) is 2.04. The van der Waals surface area contributed by atoms with Gasteiger partial charge in [-0.3, -0.25) is 9.69 Å². The van der Waals surface area contributed by atoms with E-state index in [0.717, 1.165) is 43.8 Å². The zero-order valence-corrected chi connectivity index (χ0v) is 15.7. The van der Waals surface area contributed by atoms with Crippen LogP contribution in [0.25, 0.3) is 0 Å². The van der Waals surface area contributed by atoms with Crippen LogP contribution in [0.4, 0.5) is 0 Å². The highest BCUT2D eigenvalue weighted by atomic mass is 16.5. The van der Waals surface area contributed by atoms with Crippen molar-refractivity contribution < 1.29 is 9.53 Å². The van der Waals surface area contributed by atoms with E-state index in [1.165, 1.54) is 5.56 Å². The molecule has 26 heavy (non-hydrogen) atoms. The van der Waals surface area contributed by atoms with Gasteiger partial charge in [0, 0.05) is 13.1 Å². The molecule has 1 aliphatic rings. The standard InChI is InChI=1S/C22H28N2O2/c1-17(19-10-12-21(26-2)13-11-19)23-22(25)20-9-6-14-24(16-20)15-18-7-4-3-5-8-18/h3-5,7-8,10-13,17,20H,6,9,14-16H2,1-2H3,(H,23,25)/t17-,20+/m1/s1. The van der Waals surface area contributed by atoms with Crippen LogP contribution >= 0.6 is 0 Å². The highest BCUT2D eigenvalue weighted by Crippen LogP contribution is 2.21. The molecule has 4 heteroatoms. The fraction of sp³-hybridized carbons (Fsp3) is 0.409. The molecule has 0 radical (unpaired) electrons. The maximum absolute atomic E-state index is 12.7. The number of nitrogens with zero attached hydrogens (tertiary/aromatic N) is 1. The summed E-state index contributed by atoms with van der Waals surface area (Å²) in [5.74, 6) is 1.05. The van der Waals surface area contributed by atoms with Crippen LogP contribution in [0.5, 0.6) is 5.75 Å². The summed E-state index contributed by atoms with van der Waals surface area (Å²) < 4.78 is 5.19. The second kappa shape index (κ2) is 8.86. The third kappa shape index (κ3) is 4.85. The lowest BCUT2D eigenvalue weighted by Crippen LogP contribution is -2.43. The van der Waals surface area contributed by atoms with Gasteiger partial charge < -0.3 is 10.1 Å². The molecule has 1 saturated heterocycles. The fourth-order valence-corrected chi connectivity index (χ4v) is 3.56. The Labute approximate surface area is 156 Å². The lowest BCUT2D eigenvalue weighted by Gasteiger charge is -2.32. The van der Waals surface area contributed by atoms with Crippen molar-refractivity contribution in [2.45, 2.75) is 32.4 Å². The Morgan fingerprint density at radius 2 is 1.92 bits per heavy atom. The van der Waals surface area contributed by atoms with Crippen molar-refractivity contribution in [1.82, 2.24) is 10.2 Å². The summed E-state index contributed by atoms with van der Waals surface area (Å²) in [4.78, 5) is 15.1. The SMILES string of the molecule is COc1ccc([C@@H](C)NC(=O)[C@H]2CCCN(Cc3ccccc3)C2)cc1. The van der Waals surface area contributed by atoms with Crippen LogP contribution in [0.15, 0.2) is 54.6 Å². The molecular formula is C22H28N2O2. The Morgan fingerprint density at radius 3 is 2.62 bits per heavy atom. The average molecular weight is 352 g/mol. The number of nitrogens with one attached hydrogen (secondary N) is 1. The zero-order valence-electron chi connectivity index (χ0n) is 15.7. The summed E-state index contributed by atoms with van der Waals surface area (Å²) >= 11 is 0. The Morgan fingerprint density at radius 1 is 1.19 bits per heavy atom. The van der Waals surface area contributed by atoms with Gasteiger partial charge in [0.25, 0.3) is 0 Å². The first kappa shape index (κ1) is 18.5. The number of hydrogen-bond donors (Lipinski definition) is 1. The van der Waals surface area contributed by atoms with Crippen LogP contribution in [-0.2, 0) is 11.3 Å². The van der Waals surface area contributed by atoms with Gasteiger partial charge in [-0.15, -0.1) is 0 Å². The third-order valence-corrected chi connectivity index (χ3v) is 5.10. The molecule has 1 aliphatic heterocycles. The van der Waals surface area contributed by atoms with Crippen LogP contribution in [0, 0.1) is 5.92 Å². The van der Waals surface area contributed by atoms with Gasteiger partial charge in [0.1, 0.15) is 5.75 Å². The molecule has 1 N–H and O–H groups in total. The number of piperidine rings is 1. The van der Waals surface area contributed by atoms with Crippen molar-refractivity contribution in [3.05, 3.63) is 65.7 Å². The Hall–Kier alpha value is -2.33. The van der Waals surface area contributed by atoms with Gasteiger partial charge in [0.15, 0.2) is 0 Å². The van der Waals surface area contributed by atoms with E-state index >= 15 is 0 Å². The van der Waals surface area contributed by atoms with Crippen molar-refractivity contribution in [3.8, 4) is 5.75 Å². The van der Waals surface area contributed by atoms with Crippen LogP contribution < -0.4 is 10.1 Å². The molecular weight excluding hydrogens is 324 g/mol. The number of amides is 1. The van der Waals surface area contributed by atoms with Gasteiger partial charge in [-0.2, -0.15) is 0 Å². The molecule has 1 heterocycles. The van der Waals surface area contributed by atoms with Crippen LogP contribution in [-0.4, -0.2) is 31.0 Å². The first-order valence-electron chi connectivity index (χ1n) is 9.36. The number of carbonyl (C=O) groups excluding carboxylic acids is 1. The second-order valence-corrected chi connectivity index (χ2v) is 7.06. The monoisotopic (exact) mass is 352 g/mol. The molecule has 0 aliphatic carbocycles. The van der Waals surface area contributed by atoms with Crippen molar-refractivity contribution >= 4 is 5.91 Å². The van der Waals surface area contributed by atoms with E-state index in [1.807, 2.05) is 37.3 Å². The number of rotatable bonds is 6. The van der Waals surface area contributed by atoms with Crippen molar-refractivity contribution in [3.63, 3.8) is 0 Å². The van der Waals surface area contributed by atoms with Crippen LogP contribution in [0.1, 0.15) is 36.9 Å². The van der Waals surface area contributed by atoms with E-state index in [2.05, 4.69) is 34.5 Å². The molecule has 0 aromatic heterocycles. The number of benzene rings is 2. The molecule has 1 amide bonds. The normalized spacial score (nSPS) is 18.9. The molecule has 2 aromatic carbocycles. The molecule has 0 spiro atoms. The quantitative estimate of drug-likeness (QED) is 0.860. The van der Waals surface area contributed by atoms with E-state index in [1.54, 1.807) is 7.11 Å². The molecule has 0 saturated carbocycles. The lowest BCUT2D eigenvalue weighted by molar-refractivity contribution is -0.127. The van der Waals surface area contributed by atoms with Gasteiger partial charge in [-0.25, -0.2) is 0 Å². The number of likely N-dealkylation sites (tertiary alicyclic amines) is 1. The van der Waals surface area contributed by atoms with Crippen molar-refractivity contribution in [1.29, 1.82) is 0 Å². The fourth-order valence-electron chi connectivity index (χ4n) is 3.56. The predicted molar refractivity (Wildman–Crippen MR) is 104 cm³/mol. The highest BCUT2D eigenvalue weighted by Gasteiger charge is 2.26. The maximum Gasteiger partial charge on any atom is 0.224 e. The Balaban J connectivity index is 1.54. The topological polar surface area (TPSA) is 41.6 Å². The molecule has 138 valence electrons. The average Bonchev–Trinajstić information content (AvgIpc) is 2.69. The van der Waals surface area contributed by atoms with E-state index in [0.29, 0.717) is 0 Å². The second-order valence-electron chi connectivity index (χ2n) is 7.06. The molecule has 3 rings (SSSR count). The Kier molecular flexibility index (Phi) is 6.29. The van der Waals surface area contributed by atoms with Crippen LogP contribution in [0.3, 0.4) is 0 Å². The smallest absolute Gasteiger partial charge is 0.224 e. The Bertz CT molecular complexity index is 700. The third-order valence-electron chi connectivity index (χ3n) is 5.10. The highest BCUT2D eigenvalue weighted by molar-refractivity contribution is 5.79. The number of ether oxygens (including phenoxy) is 1. The van der Waals surface area contributed by atoms with E-state index < -0.39 is 0 Å². The first-order valence-corrected chi connectivity index (χ1v) is 9.36. The molecule has 0 bridgehead atoms. The summed E-state index contributed by atoms with van der Waals surface area (Å²) in [5.41, 5.74) is 2.40. The minimum atomic E-state index is -0.00194. The zero-order chi connectivity index (χ0) is 18.4. The molecule has 0 unspecified atom stereocenters. The van der Waals surface area contributed by atoms with Crippen molar-refractivity contribution in [2.24, 2.45) is 5.92 Å². The summed E-state index contributed by atoms with van der Waals surface area (Å²) in [7, 11) is 1.66. The first-order chi connectivity index (χ1) is 12.7. The molecule has 2 atom stereocenters. The molecule has 2 aromatic rings. The number of hydrogen-bond acceptors (Lipinski definition) is 3. The summed E-state index contributed by atoms with van der Waals surface area (Å²) in [5, 5.41) is 3.18. The lowest BCUT2D eigenvalue weighted by atomic mass is 9.96. The van der Waals surface area contributed by atoms with Gasteiger partial charge in [0.2, 0.25) is 5.91 Å². The summed E-state index contributed by atoms with van der Waals surface area (Å²) in [6.45, 7) is 4.84. The van der Waals surface area contributed by atoms with E-state index in [9.17, 15) is 4.79 Å². The van der Waals surface area contributed by atoms with Crippen LogP contribution in [0.2, 0.25) is 0 Å².